The number of ketones is 1. The van der Waals surface area contributed by atoms with Gasteiger partial charge in [0.15, 0.2) is 5.78 Å². The fourth-order valence-corrected chi connectivity index (χ4v) is 2.31. The first-order valence-corrected chi connectivity index (χ1v) is 7.87. The number of hydrogen-bond donors (Lipinski definition) is 1. The number of carbonyl (C=O) groups excluding carboxylic acids is 2. The van der Waals surface area contributed by atoms with Gasteiger partial charge in [0.2, 0.25) is 0 Å². The van der Waals surface area contributed by atoms with Crippen molar-refractivity contribution in [3.63, 3.8) is 0 Å². The van der Waals surface area contributed by atoms with Crippen LogP contribution >= 0.6 is 0 Å². The number of amides is 1. The molecule has 2 aromatic rings. The molecule has 5 heteroatoms. The molecule has 24 heavy (non-hydrogen) atoms. The van der Waals surface area contributed by atoms with E-state index in [1.807, 2.05) is 13.8 Å². The molecular weight excluding hydrogens is 306 g/mol. The highest BCUT2D eigenvalue weighted by atomic mass is 16.5. The Bertz CT molecular complexity index is 740. The highest BCUT2D eigenvalue weighted by Gasteiger charge is 2.16. The van der Waals surface area contributed by atoms with Gasteiger partial charge in [0.25, 0.3) is 5.91 Å². The van der Waals surface area contributed by atoms with Gasteiger partial charge in [-0.3, -0.25) is 9.59 Å². The van der Waals surface area contributed by atoms with Crippen molar-refractivity contribution in [1.29, 1.82) is 0 Å². The predicted molar refractivity (Wildman–Crippen MR) is 93.2 cm³/mol. The van der Waals surface area contributed by atoms with Gasteiger partial charge >= 0.3 is 0 Å². The number of ether oxygens (including phenoxy) is 2. The van der Waals surface area contributed by atoms with Gasteiger partial charge in [-0.05, 0) is 45.0 Å². The average molecular weight is 327 g/mol. The minimum absolute atomic E-state index is 0.109. The first kappa shape index (κ1) is 17.5. The summed E-state index contributed by atoms with van der Waals surface area (Å²) in [4.78, 5) is 24.3. The molecule has 0 saturated heterocycles. The molecule has 0 aliphatic rings. The zero-order valence-electron chi connectivity index (χ0n) is 14.1. The third-order valence-electron chi connectivity index (χ3n) is 3.36. The van der Waals surface area contributed by atoms with Crippen LogP contribution < -0.4 is 14.8 Å². The standard InChI is InChI=1S/C19H21NO4/c1-4-23-14-10-11-16(18(12-14)24-5-2)19(22)20-17-9-7-6-8-15(17)13(3)21/h6-12H,4-5H2,1-3H3,(H,20,22). The molecule has 0 atom stereocenters. The van der Waals surface area contributed by atoms with Crippen LogP contribution in [0.15, 0.2) is 42.5 Å². The summed E-state index contributed by atoms with van der Waals surface area (Å²) in [5.74, 6) is 0.640. The largest absolute Gasteiger partial charge is 0.494 e. The molecule has 1 N–H and O–H groups in total. The Morgan fingerprint density at radius 2 is 1.67 bits per heavy atom. The maximum Gasteiger partial charge on any atom is 0.259 e. The molecule has 0 bridgehead atoms. The molecular formula is C19H21NO4. The van der Waals surface area contributed by atoms with Crippen LogP contribution in [0, 0.1) is 0 Å². The number of benzene rings is 2. The lowest BCUT2D eigenvalue weighted by molar-refractivity contribution is 0.101. The lowest BCUT2D eigenvalue weighted by atomic mass is 10.1. The summed E-state index contributed by atoms with van der Waals surface area (Å²) >= 11 is 0. The van der Waals surface area contributed by atoms with Gasteiger partial charge < -0.3 is 14.8 Å². The lowest BCUT2D eigenvalue weighted by Gasteiger charge is -2.14. The SMILES string of the molecule is CCOc1ccc(C(=O)Nc2ccccc2C(C)=O)c(OCC)c1. The van der Waals surface area contributed by atoms with E-state index in [1.165, 1.54) is 6.92 Å². The van der Waals surface area contributed by atoms with E-state index in [2.05, 4.69) is 5.32 Å². The van der Waals surface area contributed by atoms with Crippen LogP contribution in [0.4, 0.5) is 5.69 Å². The highest BCUT2D eigenvalue weighted by Crippen LogP contribution is 2.26. The zero-order chi connectivity index (χ0) is 17.5. The second kappa shape index (κ2) is 8.15. The summed E-state index contributed by atoms with van der Waals surface area (Å²) in [6.07, 6.45) is 0. The van der Waals surface area contributed by atoms with Crippen molar-refractivity contribution in [2.45, 2.75) is 20.8 Å². The van der Waals surface area contributed by atoms with Gasteiger partial charge in [-0.25, -0.2) is 0 Å². The number of Topliss-reactive ketones (excluding diaryl/α,β-unsaturated/α-hetero) is 1. The molecule has 0 unspecified atom stereocenters. The van der Waals surface area contributed by atoms with E-state index in [1.54, 1.807) is 42.5 Å². The molecule has 0 heterocycles. The average Bonchev–Trinajstić information content (AvgIpc) is 2.56. The minimum atomic E-state index is -0.338. The third-order valence-corrected chi connectivity index (χ3v) is 3.36. The van der Waals surface area contributed by atoms with Crippen LogP contribution in [0.25, 0.3) is 0 Å². The van der Waals surface area contributed by atoms with Crippen molar-refractivity contribution in [3.8, 4) is 11.5 Å². The van der Waals surface area contributed by atoms with Gasteiger partial charge in [-0.1, -0.05) is 12.1 Å². The summed E-state index contributed by atoms with van der Waals surface area (Å²) in [5.41, 5.74) is 1.33. The minimum Gasteiger partial charge on any atom is -0.494 e. The fourth-order valence-electron chi connectivity index (χ4n) is 2.31. The van der Waals surface area contributed by atoms with Crippen LogP contribution in [0.5, 0.6) is 11.5 Å². The van der Waals surface area contributed by atoms with E-state index < -0.39 is 0 Å². The molecule has 0 aliphatic heterocycles. The Hall–Kier alpha value is -2.82. The van der Waals surface area contributed by atoms with Crippen molar-refractivity contribution in [2.24, 2.45) is 0 Å². The molecule has 0 saturated carbocycles. The summed E-state index contributed by atoms with van der Waals surface area (Å²) in [7, 11) is 0. The summed E-state index contributed by atoms with van der Waals surface area (Å²) in [6.45, 7) is 6.16. The van der Waals surface area contributed by atoms with Crippen LogP contribution in [0.3, 0.4) is 0 Å². The Balaban J connectivity index is 2.31. The Morgan fingerprint density at radius 3 is 2.33 bits per heavy atom. The zero-order valence-corrected chi connectivity index (χ0v) is 14.1. The quantitative estimate of drug-likeness (QED) is 0.782. The Morgan fingerprint density at radius 1 is 0.958 bits per heavy atom. The molecule has 0 radical (unpaired) electrons. The van der Waals surface area contributed by atoms with E-state index in [0.29, 0.717) is 41.5 Å². The number of para-hydroxylation sites is 1. The van der Waals surface area contributed by atoms with E-state index in [-0.39, 0.29) is 11.7 Å². The van der Waals surface area contributed by atoms with E-state index in [0.717, 1.165) is 0 Å². The Kier molecular flexibility index (Phi) is 5.95. The van der Waals surface area contributed by atoms with E-state index >= 15 is 0 Å². The van der Waals surface area contributed by atoms with Crippen LogP contribution in [0.2, 0.25) is 0 Å². The predicted octanol–water partition coefficient (Wildman–Crippen LogP) is 3.94. The van der Waals surface area contributed by atoms with Crippen LogP contribution in [-0.2, 0) is 0 Å². The van der Waals surface area contributed by atoms with Crippen molar-refractivity contribution in [2.75, 3.05) is 18.5 Å². The van der Waals surface area contributed by atoms with Gasteiger partial charge in [0.05, 0.1) is 24.5 Å². The van der Waals surface area contributed by atoms with Crippen molar-refractivity contribution >= 4 is 17.4 Å². The Labute approximate surface area is 141 Å². The number of anilines is 1. The van der Waals surface area contributed by atoms with E-state index in [9.17, 15) is 9.59 Å². The molecule has 126 valence electrons. The van der Waals surface area contributed by atoms with Crippen molar-refractivity contribution < 1.29 is 19.1 Å². The van der Waals surface area contributed by atoms with Gasteiger partial charge in [-0.15, -0.1) is 0 Å². The number of hydrogen-bond acceptors (Lipinski definition) is 4. The van der Waals surface area contributed by atoms with Crippen LogP contribution in [-0.4, -0.2) is 24.9 Å². The normalized spacial score (nSPS) is 10.1. The molecule has 0 aliphatic carbocycles. The van der Waals surface area contributed by atoms with Gasteiger partial charge in [-0.2, -0.15) is 0 Å². The maximum absolute atomic E-state index is 12.6. The van der Waals surface area contributed by atoms with Crippen LogP contribution in [0.1, 0.15) is 41.5 Å². The fraction of sp³-hybridized carbons (Fsp3) is 0.263. The smallest absolute Gasteiger partial charge is 0.259 e. The number of carbonyl (C=O) groups is 2. The van der Waals surface area contributed by atoms with Gasteiger partial charge in [0.1, 0.15) is 11.5 Å². The monoisotopic (exact) mass is 327 g/mol. The third kappa shape index (κ3) is 4.13. The molecule has 2 aromatic carbocycles. The first-order chi connectivity index (χ1) is 11.6. The number of rotatable bonds is 7. The second-order valence-corrected chi connectivity index (χ2v) is 5.08. The summed E-state index contributed by atoms with van der Waals surface area (Å²) in [5, 5.41) is 2.78. The van der Waals surface area contributed by atoms with Gasteiger partial charge in [0, 0.05) is 11.6 Å². The summed E-state index contributed by atoms with van der Waals surface area (Å²) < 4.78 is 11.0. The first-order valence-electron chi connectivity index (χ1n) is 7.87. The summed E-state index contributed by atoms with van der Waals surface area (Å²) in [6, 6.07) is 12.0. The second-order valence-electron chi connectivity index (χ2n) is 5.08. The van der Waals surface area contributed by atoms with Crippen molar-refractivity contribution in [3.05, 3.63) is 53.6 Å². The molecule has 2 rings (SSSR count). The molecule has 5 nitrogen and oxygen atoms in total. The lowest BCUT2D eigenvalue weighted by Crippen LogP contribution is -2.15. The highest BCUT2D eigenvalue weighted by molar-refractivity contribution is 6.10. The maximum atomic E-state index is 12.6. The molecule has 0 fully saturated rings. The van der Waals surface area contributed by atoms with E-state index in [4.69, 9.17) is 9.47 Å². The topological polar surface area (TPSA) is 64.6 Å². The van der Waals surface area contributed by atoms with Crippen molar-refractivity contribution in [1.82, 2.24) is 0 Å². The molecule has 0 aromatic heterocycles. The molecule has 1 amide bonds. The molecule has 0 spiro atoms. The number of nitrogens with one attached hydrogen (secondary N) is 1.